The van der Waals surface area contributed by atoms with Crippen LogP contribution in [0.25, 0.3) is 16.3 Å². The van der Waals surface area contributed by atoms with Crippen molar-refractivity contribution in [3.05, 3.63) is 64.8 Å². The summed E-state index contributed by atoms with van der Waals surface area (Å²) in [7, 11) is 5.84. The molecule has 9 heteroatoms. The zero-order chi connectivity index (χ0) is 20.1. The van der Waals surface area contributed by atoms with Crippen LogP contribution in [0.15, 0.2) is 48.0 Å². The van der Waals surface area contributed by atoms with Gasteiger partial charge in [0.2, 0.25) is 0 Å². The number of alkyl halides is 1. The van der Waals surface area contributed by atoms with E-state index in [0.717, 1.165) is 5.56 Å². The Kier molecular flexibility index (Phi) is 4.20. The molecule has 0 bridgehead atoms. The summed E-state index contributed by atoms with van der Waals surface area (Å²) >= 11 is 1.42. The van der Waals surface area contributed by atoms with Crippen LogP contribution in [0.1, 0.15) is 40.8 Å². The van der Waals surface area contributed by atoms with Gasteiger partial charge in [0, 0.05) is 17.2 Å². The Hall–Kier alpha value is -3.07. The summed E-state index contributed by atoms with van der Waals surface area (Å²) in [6.45, 7) is 1.89. The number of rotatable bonds is 2. The van der Waals surface area contributed by atoms with Crippen molar-refractivity contribution in [3.63, 3.8) is 0 Å². The van der Waals surface area contributed by atoms with Gasteiger partial charge >= 0.3 is 0 Å². The fraction of sp³-hybridized carbons (Fsp3) is 0.200. The molecule has 1 aliphatic rings. The molecule has 0 saturated heterocycles. The largest absolute Gasteiger partial charge is 0.327 e. The van der Waals surface area contributed by atoms with Crippen molar-refractivity contribution in [2.24, 2.45) is 0 Å². The number of carbonyl (C=O) groups excluding carboxylic acids is 1. The summed E-state index contributed by atoms with van der Waals surface area (Å²) in [5.41, 5.74) is 3.02. The Morgan fingerprint density at radius 2 is 2.07 bits per heavy atom. The Morgan fingerprint density at radius 1 is 1.28 bits per heavy atom. The van der Waals surface area contributed by atoms with E-state index >= 15 is 0 Å². The Bertz CT molecular complexity index is 1230. The van der Waals surface area contributed by atoms with E-state index in [-0.39, 0.29) is 24.2 Å². The second-order valence-electron chi connectivity index (χ2n) is 6.93. The Balaban J connectivity index is 1.60. The third-order valence-electron chi connectivity index (χ3n) is 5.19. The van der Waals surface area contributed by atoms with Crippen molar-refractivity contribution in [2.45, 2.75) is 19.1 Å². The standard InChI is InChI=1S/C20H15BFN5OS/c1-11-12-4-2-3-5-13(12)14(22)10-26(11)20(28)15-8-16(19-23-6-7-29-19)27-18(24-15)9-17(21)25-27/h2-9,11,14H,10H2,1H3. The van der Waals surface area contributed by atoms with E-state index < -0.39 is 6.17 Å². The average Bonchev–Trinajstić information content (AvgIpc) is 3.38. The molecule has 4 heterocycles. The zero-order valence-corrected chi connectivity index (χ0v) is 16.3. The van der Waals surface area contributed by atoms with Crippen LogP contribution < -0.4 is 5.59 Å². The first-order valence-electron chi connectivity index (χ1n) is 9.13. The molecule has 6 nitrogen and oxygen atoms in total. The summed E-state index contributed by atoms with van der Waals surface area (Å²) in [6, 6.07) is 10.3. The molecule has 29 heavy (non-hydrogen) atoms. The van der Waals surface area contributed by atoms with Crippen molar-refractivity contribution in [3.8, 4) is 10.7 Å². The molecule has 1 aliphatic heterocycles. The second-order valence-corrected chi connectivity index (χ2v) is 7.83. The fourth-order valence-electron chi connectivity index (χ4n) is 3.78. The predicted molar refractivity (Wildman–Crippen MR) is 109 cm³/mol. The van der Waals surface area contributed by atoms with Gasteiger partial charge in [0.15, 0.2) is 5.65 Å². The summed E-state index contributed by atoms with van der Waals surface area (Å²) in [6.07, 6.45) is 0.442. The van der Waals surface area contributed by atoms with Crippen LogP contribution >= 0.6 is 11.3 Å². The van der Waals surface area contributed by atoms with E-state index in [2.05, 4.69) is 15.1 Å². The number of hydrogen-bond acceptors (Lipinski definition) is 5. The summed E-state index contributed by atoms with van der Waals surface area (Å²) in [5.74, 6) is -0.338. The highest BCUT2D eigenvalue weighted by molar-refractivity contribution is 7.13. The number of halogens is 1. The number of thiazole rings is 1. The smallest absolute Gasteiger partial charge is 0.273 e. The maximum absolute atomic E-state index is 14.8. The van der Waals surface area contributed by atoms with E-state index in [4.69, 9.17) is 7.85 Å². The molecule has 0 N–H and O–H groups in total. The third-order valence-corrected chi connectivity index (χ3v) is 5.98. The van der Waals surface area contributed by atoms with Crippen LogP contribution in [0.2, 0.25) is 0 Å². The predicted octanol–water partition coefficient (Wildman–Crippen LogP) is 2.87. The third kappa shape index (κ3) is 2.93. The van der Waals surface area contributed by atoms with Crippen LogP contribution in [-0.2, 0) is 0 Å². The van der Waals surface area contributed by atoms with Crippen LogP contribution in [0.4, 0.5) is 4.39 Å². The number of carbonyl (C=O) groups is 1. The zero-order valence-electron chi connectivity index (χ0n) is 15.5. The highest BCUT2D eigenvalue weighted by Gasteiger charge is 2.34. The molecule has 5 rings (SSSR count). The molecule has 2 unspecified atom stereocenters. The van der Waals surface area contributed by atoms with E-state index in [1.165, 1.54) is 16.2 Å². The number of fused-ring (bicyclic) bond motifs is 2. The molecule has 0 saturated carbocycles. The first-order valence-corrected chi connectivity index (χ1v) is 10.0. The molecule has 2 radical (unpaired) electrons. The van der Waals surface area contributed by atoms with Gasteiger partial charge in [0.25, 0.3) is 5.91 Å². The molecular formula is C20H15BFN5OS. The molecule has 1 amide bonds. The summed E-state index contributed by atoms with van der Waals surface area (Å²) in [4.78, 5) is 23.6. The van der Waals surface area contributed by atoms with E-state index in [9.17, 15) is 9.18 Å². The SMILES string of the molecule is [B]c1cc2nc(C(=O)N3CC(F)c4ccccc4C3C)cc(-c3nccs3)n2n1. The Morgan fingerprint density at radius 3 is 2.83 bits per heavy atom. The van der Waals surface area contributed by atoms with Crippen molar-refractivity contribution < 1.29 is 9.18 Å². The number of amides is 1. The van der Waals surface area contributed by atoms with Gasteiger partial charge in [-0.2, -0.15) is 5.10 Å². The van der Waals surface area contributed by atoms with Gasteiger partial charge in [-0.15, -0.1) is 11.3 Å². The number of benzene rings is 1. The molecule has 142 valence electrons. The lowest BCUT2D eigenvalue weighted by molar-refractivity contribution is 0.0585. The van der Waals surface area contributed by atoms with Gasteiger partial charge in [-0.05, 0) is 30.2 Å². The van der Waals surface area contributed by atoms with Crippen molar-refractivity contribution >= 4 is 36.3 Å². The molecule has 2 atom stereocenters. The fourth-order valence-corrected chi connectivity index (χ4v) is 4.42. The van der Waals surface area contributed by atoms with Crippen molar-refractivity contribution in [2.75, 3.05) is 6.54 Å². The maximum atomic E-state index is 14.8. The summed E-state index contributed by atoms with van der Waals surface area (Å²) < 4.78 is 16.3. The first kappa shape index (κ1) is 18.0. The first-order chi connectivity index (χ1) is 14.0. The van der Waals surface area contributed by atoms with Gasteiger partial charge in [-0.3, -0.25) is 4.79 Å². The van der Waals surface area contributed by atoms with Crippen molar-refractivity contribution in [1.29, 1.82) is 0 Å². The van der Waals surface area contributed by atoms with Crippen molar-refractivity contribution in [1.82, 2.24) is 24.5 Å². The lowest BCUT2D eigenvalue weighted by Gasteiger charge is -2.36. The minimum absolute atomic E-state index is 0.0160. The quantitative estimate of drug-likeness (QED) is 0.483. The minimum Gasteiger partial charge on any atom is -0.327 e. The molecular weight excluding hydrogens is 388 g/mol. The second kappa shape index (κ2) is 6.77. The van der Waals surface area contributed by atoms with Crippen LogP contribution in [0, 0.1) is 0 Å². The van der Waals surface area contributed by atoms with Crippen LogP contribution in [-0.4, -0.2) is 44.8 Å². The highest BCUT2D eigenvalue weighted by Crippen LogP contribution is 2.37. The maximum Gasteiger partial charge on any atom is 0.273 e. The van der Waals surface area contributed by atoms with Gasteiger partial charge in [-0.1, -0.05) is 24.3 Å². The topological polar surface area (TPSA) is 63.4 Å². The van der Waals surface area contributed by atoms with Gasteiger partial charge in [-0.25, -0.2) is 18.9 Å². The van der Waals surface area contributed by atoms with Gasteiger partial charge in [0.1, 0.15) is 30.4 Å². The van der Waals surface area contributed by atoms with Gasteiger partial charge in [0.05, 0.1) is 12.6 Å². The highest BCUT2D eigenvalue weighted by atomic mass is 32.1. The molecule has 0 aliphatic carbocycles. The molecule has 1 aromatic carbocycles. The molecule has 0 spiro atoms. The molecule has 3 aromatic heterocycles. The average molecular weight is 403 g/mol. The van der Waals surface area contributed by atoms with E-state index in [0.29, 0.717) is 27.5 Å². The number of aromatic nitrogens is 4. The lowest BCUT2D eigenvalue weighted by Crippen LogP contribution is -2.40. The number of nitrogens with zero attached hydrogens (tertiary/aromatic N) is 5. The van der Waals surface area contributed by atoms with E-state index in [1.807, 2.05) is 30.5 Å². The Labute approximate surface area is 171 Å². The minimum atomic E-state index is -1.24. The normalized spacial score (nSPS) is 18.8. The monoisotopic (exact) mass is 403 g/mol. The summed E-state index contributed by atoms with van der Waals surface area (Å²) in [5, 5.41) is 6.78. The lowest BCUT2D eigenvalue weighted by atomic mass is 9.92. The van der Waals surface area contributed by atoms with Crippen LogP contribution in [0.5, 0.6) is 0 Å². The molecule has 0 fully saturated rings. The number of hydrogen-bond donors (Lipinski definition) is 0. The van der Waals surface area contributed by atoms with Crippen LogP contribution in [0.3, 0.4) is 0 Å². The molecule has 4 aromatic rings. The van der Waals surface area contributed by atoms with Gasteiger partial charge < -0.3 is 4.90 Å². The van der Waals surface area contributed by atoms with E-state index in [1.54, 1.807) is 28.9 Å².